The first-order chi connectivity index (χ1) is 6.18. The molecular formula is C9H18F2N2. The first-order valence-electron chi connectivity index (χ1n) is 4.86. The first-order valence-corrected chi connectivity index (χ1v) is 4.86. The van der Waals surface area contributed by atoms with Crippen LogP contribution < -0.4 is 5.32 Å². The van der Waals surface area contributed by atoms with Gasteiger partial charge < -0.3 is 10.2 Å². The molecule has 0 bridgehead atoms. The fraction of sp³-hybridized carbons (Fsp3) is 1.00. The van der Waals surface area contributed by atoms with Crippen molar-refractivity contribution in [2.75, 3.05) is 33.2 Å². The number of nitrogens with one attached hydrogen (secondary N) is 1. The predicted molar refractivity (Wildman–Crippen MR) is 49.1 cm³/mol. The number of hydrogen-bond acceptors (Lipinski definition) is 2. The zero-order valence-corrected chi connectivity index (χ0v) is 8.10. The Balaban J connectivity index is 2.14. The van der Waals surface area contributed by atoms with Gasteiger partial charge in [0.05, 0.1) is 6.54 Å². The van der Waals surface area contributed by atoms with Crippen molar-refractivity contribution in [2.24, 2.45) is 5.92 Å². The van der Waals surface area contributed by atoms with Gasteiger partial charge in [0.2, 0.25) is 0 Å². The van der Waals surface area contributed by atoms with Crippen molar-refractivity contribution in [3.63, 3.8) is 0 Å². The van der Waals surface area contributed by atoms with Crippen molar-refractivity contribution in [3.05, 3.63) is 0 Å². The Kier molecular flexibility index (Phi) is 4.59. The van der Waals surface area contributed by atoms with Crippen LogP contribution in [0.2, 0.25) is 0 Å². The van der Waals surface area contributed by atoms with E-state index in [1.165, 1.54) is 0 Å². The van der Waals surface area contributed by atoms with Gasteiger partial charge in [0.1, 0.15) is 0 Å². The first kappa shape index (κ1) is 10.9. The molecule has 2 nitrogen and oxygen atoms in total. The van der Waals surface area contributed by atoms with Gasteiger partial charge in [0.15, 0.2) is 0 Å². The molecule has 0 aromatic rings. The van der Waals surface area contributed by atoms with Crippen molar-refractivity contribution >= 4 is 0 Å². The van der Waals surface area contributed by atoms with Crippen molar-refractivity contribution in [2.45, 2.75) is 19.3 Å². The Hall–Kier alpha value is -0.220. The van der Waals surface area contributed by atoms with E-state index in [0.717, 1.165) is 32.5 Å². The van der Waals surface area contributed by atoms with E-state index in [2.05, 4.69) is 5.32 Å². The average molecular weight is 192 g/mol. The van der Waals surface area contributed by atoms with Crippen LogP contribution in [0.4, 0.5) is 8.78 Å². The molecule has 1 N–H and O–H groups in total. The van der Waals surface area contributed by atoms with Gasteiger partial charge in [0.25, 0.3) is 6.43 Å². The smallest absolute Gasteiger partial charge is 0.251 e. The topological polar surface area (TPSA) is 15.3 Å². The van der Waals surface area contributed by atoms with E-state index in [1.807, 2.05) is 0 Å². The third kappa shape index (κ3) is 4.52. The van der Waals surface area contributed by atoms with Gasteiger partial charge in [-0.2, -0.15) is 0 Å². The lowest BCUT2D eigenvalue weighted by atomic mass is 9.98. The third-order valence-electron chi connectivity index (χ3n) is 2.48. The zero-order chi connectivity index (χ0) is 9.68. The molecule has 0 unspecified atom stereocenters. The summed E-state index contributed by atoms with van der Waals surface area (Å²) >= 11 is 0. The van der Waals surface area contributed by atoms with Gasteiger partial charge >= 0.3 is 0 Å². The van der Waals surface area contributed by atoms with Crippen LogP contribution in [-0.4, -0.2) is 44.6 Å². The highest BCUT2D eigenvalue weighted by Gasteiger charge is 2.16. The lowest BCUT2D eigenvalue weighted by Crippen LogP contribution is -2.36. The molecule has 1 heterocycles. The van der Waals surface area contributed by atoms with Gasteiger partial charge in [0, 0.05) is 6.54 Å². The van der Waals surface area contributed by atoms with Gasteiger partial charge in [-0.1, -0.05) is 0 Å². The fourth-order valence-electron chi connectivity index (χ4n) is 1.82. The lowest BCUT2D eigenvalue weighted by Gasteiger charge is -2.27. The highest BCUT2D eigenvalue weighted by atomic mass is 19.3. The van der Waals surface area contributed by atoms with E-state index < -0.39 is 6.43 Å². The number of hydrogen-bond donors (Lipinski definition) is 1. The standard InChI is InChI=1S/C9H18F2N2/c1-13(7-9(10)11)6-8-2-4-12-5-3-8/h8-9,12H,2-7H2,1H3. The van der Waals surface area contributed by atoms with E-state index in [4.69, 9.17) is 0 Å². The second-order valence-corrected chi connectivity index (χ2v) is 3.81. The molecule has 1 aliphatic rings. The van der Waals surface area contributed by atoms with Gasteiger partial charge in [-0.15, -0.1) is 0 Å². The SMILES string of the molecule is CN(CC(F)F)CC1CCNCC1. The van der Waals surface area contributed by atoms with Crippen molar-refractivity contribution < 1.29 is 8.78 Å². The lowest BCUT2D eigenvalue weighted by molar-refractivity contribution is 0.0902. The molecule has 0 spiro atoms. The molecule has 0 radical (unpaired) electrons. The third-order valence-corrected chi connectivity index (χ3v) is 2.48. The average Bonchev–Trinajstić information content (AvgIpc) is 2.04. The van der Waals surface area contributed by atoms with E-state index in [-0.39, 0.29) is 6.54 Å². The normalized spacial score (nSPS) is 20.1. The Labute approximate surface area is 78.3 Å². The summed E-state index contributed by atoms with van der Waals surface area (Å²) < 4.78 is 24.0. The van der Waals surface area contributed by atoms with E-state index in [0.29, 0.717) is 5.92 Å². The number of halogens is 2. The summed E-state index contributed by atoms with van der Waals surface area (Å²) in [7, 11) is 1.77. The fourth-order valence-corrected chi connectivity index (χ4v) is 1.82. The van der Waals surface area contributed by atoms with E-state index >= 15 is 0 Å². The van der Waals surface area contributed by atoms with Crippen LogP contribution in [0, 0.1) is 5.92 Å². The maximum atomic E-state index is 12.0. The molecule has 1 saturated heterocycles. The van der Waals surface area contributed by atoms with Gasteiger partial charge in [-0.05, 0) is 38.9 Å². The monoisotopic (exact) mass is 192 g/mol. The molecule has 78 valence electrons. The summed E-state index contributed by atoms with van der Waals surface area (Å²) in [5, 5.41) is 3.26. The molecule has 0 saturated carbocycles. The number of rotatable bonds is 4. The molecule has 1 fully saturated rings. The Bertz CT molecular complexity index is 136. The Morgan fingerprint density at radius 1 is 1.38 bits per heavy atom. The Morgan fingerprint density at radius 2 is 2.00 bits per heavy atom. The minimum absolute atomic E-state index is 0.0933. The van der Waals surface area contributed by atoms with Crippen LogP contribution in [0.5, 0.6) is 0 Å². The van der Waals surface area contributed by atoms with Gasteiger partial charge in [-0.3, -0.25) is 0 Å². The van der Waals surface area contributed by atoms with Crippen molar-refractivity contribution in [3.8, 4) is 0 Å². The number of nitrogens with zero attached hydrogens (tertiary/aromatic N) is 1. The van der Waals surface area contributed by atoms with Crippen LogP contribution >= 0.6 is 0 Å². The van der Waals surface area contributed by atoms with Crippen LogP contribution in [0.1, 0.15) is 12.8 Å². The molecule has 4 heteroatoms. The number of piperidine rings is 1. The number of alkyl halides is 2. The highest BCUT2D eigenvalue weighted by Crippen LogP contribution is 2.12. The molecule has 1 rings (SSSR count). The van der Waals surface area contributed by atoms with E-state index in [1.54, 1.807) is 11.9 Å². The molecule has 1 aliphatic heterocycles. The minimum Gasteiger partial charge on any atom is -0.317 e. The molecule has 0 aliphatic carbocycles. The largest absolute Gasteiger partial charge is 0.317 e. The summed E-state index contributed by atoms with van der Waals surface area (Å²) in [5.74, 6) is 0.602. The van der Waals surface area contributed by atoms with E-state index in [9.17, 15) is 8.78 Å². The van der Waals surface area contributed by atoms with Crippen molar-refractivity contribution in [1.29, 1.82) is 0 Å². The molecule has 13 heavy (non-hydrogen) atoms. The van der Waals surface area contributed by atoms with Crippen molar-refractivity contribution in [1.82, 2.24) is 10.2 Å². The van der Waals surface area contributed by atoms with Crippen LogP contribution in [0.25, 0.3) is 0 Å². The van der Waals surface area contributed by atoms with Crippen LogP contribution in [0.3, 0.4) is 0 Å². The highest BCUT2D eigenvalue weighted by molar-refractivity contribution is 4.71. The van der Waals surface area contributed by atoms with Gasteiger partial charge in [-0.25, -0.2) is 8.78 Å². The maximum absolute atomic E-state index is 12.0. The zero-order valence-electron chi connectivity index (χ0n) is 8.10. The van der Waals surface area contributed by atoms with Crippen LogP contribution in [-0.2, 0) is 0 Å². The second-order valence-electron chi connectivity index (χ2n) is 3.81. The maximum Gasteiger partial charge on any atom is 0.251 e. The summed E-state index contributed by atoms with van der Waals surface area (Å²) in [6, 6.07) is 0. The summed E-state index contributed by atoms with van der Waals surface area (Å²) in [6.45, 7) is 2.79. The summed E-state index contributed by atoms with van der Waals surface area (Å²) in [4.78, 5) is 1.74. The molecule has 0 aromatic carbocycles. The summed E-state index contributed by atoms with van der Waals surface area (Å²) in [6.07, 6.45) is 0.0351. The minimum atomic E-state index is -2.20. The molecule has 0 atom stereocenters. The van der Waals surface area contributed by atoms with Crippen LogP contribution in [0.15, 0.2) is 0 Å². The Morgan fingerprint density at radius 3 is 2.54 bits per heavy atom. The molecule has 0 amide bonds. The predicted octanol–water partition coefficient (Wildman–Crippen LogP) is 1.18. The molecule has 0 aromatic heterocycles. The molecular weight excluding hydrogens is 174 g/mol. The second kappa shape index (κ2) is 5.50. The summed E-state index contributed by atoms with van der Waals surface area (Å²) in [5.41, 5.74) is 0. The quantitative estimate of drug-likeness (QED) is 0.719.